The number of nitrogens with one attached hydrogen (secondary N) is 1. The molecule has 4 heteroatoms. The fourth-order valence-corrected chi connectivity index (χ4v) is 4.06. The average Bonchev–Trinajstić information content (AvgIpc) is 2.08. The number of sulfone groups is 1. The summed E-state index contributed by atoms with van der Waals surface area (Å²) in [5, 5.41) is 3.10. The van der Waals surface area contributed by atoms with Crippen molar-refractivity contribution in [2.45, 2.75) is 26.7 Å². The molecule has 3 nitrogen and oxygen atoms in total. The maximum absolute atomic E-state index is 11.7. The second-order valence-electron chi connectivity index (χ2n) is 4.28. The number of hydrogen-bond acceptors (Lipinski definition) is 3. The predicted molar refractivity (Wildman–Crippen MR) is 59.1 cm³/mol. The van der Waals surface area contributed by atoms with E-state index in [-0.39, 0.29) is 0 Å². The van der Waals surface area contributed by atoms with E-state index in [1.165, 1.54) is 0 Å². The third-order valence-electron chi connectivity index (χ3n) is 3.00. The van der Waals surface area contributed by atoms with Gasteiger partial charge in [0, 0.05) is 13.1 Å². The first-order chi connectivity index (χ1) is 6.57. The number of hydrogen-bond donors (Lipinski definition) is 1. The van der Waals surface area contributed by atoms with Crippen LogP contribution in [0.1, 0.15) is 26.7 Å². The van der Waals surface area contributed by atoms with Crippen LogP contribution in [-0.4, -0.2) is 33.0 Å². The first kappa shape index (κ1) is 12.0. The molecule has 0 saturated carbocycles. The summed E-state index contributed by atoms with van der Waals surface area (Å²) in [7, 11) is -2.81. The van der Waals surface area contributed by atoms with Crippen LogP contribution in [0.2, 0.25) is 0 Å². The molecule has 1 aliphatic heterocycles. The Kier molecular flexibility index (Phi) is 4.38. The Hall–Kier alpha value is -0.0900. The highest BCUT2D eigenvalue weighted by molar-refractivity contribution is 7.91. The fourth-order valence-electron chi connectivity index (χ4n) is 1.78. The highest BCUT2D eigenvalue weighted by Gasteiger charge is 2.25. The van der Waals surface area contributed by atoms with Gasteiger partial charge in [-0.2, -0.15) is 0 Å². The molecule has 0 spiro atoms. The molecule has 0 aromatic rings. The monoisotopic (exact) mass is 219 g/mol. The molecule has 1 saturated heterocycles. The molecule has 0 aromatic carbocycles. The van der Waals surface area contributed by atoms with Crippen LogP contribution in [0.3, 0.4) is 0 Å². The zero-order valence-electron chi connectivity index (χ0n) is 9.12. The summed E-state index contributed by atoms with van der Waals surface area (Å²) in [6, 6.07) is 0. The van der Waals surface area contributed by atoms with E-state index >= 15 is 0 Å². The molecule has 0 bridgehead atoms. The van der Waals surface area contributed by atoms with Gasteiger partial charge >= 0.3 is 0 Å². The molecular weight excluding hydrogens is 198 g/mol. The van der Waals surface area contributed by atoms with Gasteiger partial charge in [0.15, 0.2) is 9.84 Å². The summed E-state index contributed by atoms with van der Waals surface area (Å²) < 4.78 is 23.5. The standard InChI is InChI=1S/C10H21NO2S/c1-3-9(4-2)7-14(12,13)8-10-5-11-6-10/h9-11H,3-8H2,1-2H3. The minimum Gasteiger partial charge on any atom is -0.316 e. The molecule has 0 atom stereocenters. The summed E-state index contributed by atoms with van der Waals surface area (Å²) in [6.07, 6.45) is 1.94. The maximum atomic E-state index is 11.7. The lowest BCUT2D eigenvalue weighted by atomic mass is 10.1. The minimum absolute atomic E-state index is 0.355. The van der Waals surface area contributed by atoms with Crippen LogP contribution in [0.5, 0.6) is 0 Å². The van der Waals surface area contributed by atoms with E-state index in [1.54, 1.807) is 0 Å². The molecule has 84 valence electrons. The SMILES string of the molecule is CCC(CC)CS(=O)(=O)CC1CNC1. The van der Waals surface area contributed by atoms with Gasteiger partial charge in [0.05, 0.1) is 11.5 Å². The molecule has 0 aliphatic carbocycles. The van der Waals surface area contributed by atoms with E-state index in [1.807, 2.05) is 0 Å². The summed E-state index contributed by atoms with van der Waals surface area (Å²) in [5.41, 5.74) is 0. The first-order valence-electron chi connectivity index (χ1n) is 5.48. The van der Waals surface area contributed by atoms with Gasteiger partial charge in [0.25, 0.3) is 0 Å². The van der Waals surface area contributed by atoms with Crippen molar-refractivity contribution in [3.05, 3.63) is 0 Å². The molecular formula is C10H21NO2S. The van der Waals surface area contributed by atoms with Crippen molar-refractivity contribution >= 4 is 9.84 Å². The smallest absolute Gasteiger partial charge is 0.150 e. The lowest BCUT2D eigenvalue weighted by Gasteiger charge is -2.27. The van der Waals surface area contributed by atoms with Crippen LogP contribution in [-0.2, 0) is 9.84 Å². The third-order valence-corrected chi connectivity index (χ3v) is 4.96. The second-order valence-corrected chi connectivity index (χ2v) is 6.44. The van der Waals surface area contributed by atoms with E-state index < -0.39 is 9.84 Å². The minimum atomic E-state index is -2.81. The first-order valence-corrected chi connectivity index (χ1v) is 7.30. The molecule has 0 radical (unpaired) electrons. The zero-order valence-corrected chi connectivity index (χ0v) is 9.94. The maximum Gasteiger partial charge on any atom is 0.150 e. The Morgan fingerprint density at radius 2 is 1.86 bits per heavy atom. The van der Waals surface area contributed by atoms with Crippen molar-refractivity contribution in [2.75, 3.05) is 24.6 Å². The largest absolute Gasteiger partial charge is 0.316 e. The number of rotatable bonds is 6. The lowest BCUT2D eigenvalue weighted by Crippen LogP contribution is -2.46. The molecule has 0 unspecified atom stereocenters. The normalized spacial score (nSPS) is 18.5. The lowest BCUT2D eigenvalue weighted by molar-refractivity contribution is 0.377. The highest BCUT2D eigenvalue weighted by Crippen LogP contribution is 2.14. The molecule has 1 fully saturated rings. The average molecular weight is 219 g/mol. The van der Waals surface area contributed by atoms with Crippen LogP contribution >= 0.6 is 0 Å². The van der Waals surface area contributed by atoms with Gasteiger partial charge in [-0.15, -0.1) is 0 Å². The van der Waals surface area contributed by atoms with E-state index in [0.29, 0.717) is 23.3 Å². The Morgan fingerprint density at radius 3 is 2.21 bits per heavy atom. The summed E-state index contributed by atoms with van der Waals surface area (Å²) in [6.45, 7) is 5.88. The molecule has 1 heterocycles. The zero-order chi connectivity index (χ0) is 10.6. The Bertz CT molecular complexity index is 253. The fraction of sp³-hybridized carbons (Fsp3) is 1.00. The molecule has 0 amide bonds. The van der Waals surface area contributed by atoms with Crippen molar-refractivity contribution in [3.8, 4) is 0 Å². The van der Waals surface area contributed by atoms with Gasteiger partial charge in [-0.3, -0.25) is 0 Å². The summed E-state index contributed by atoms with van der Waals surface area (Å²) in [5.74, 6) is 1.50. The topological polar surface area (TPSA) is 46.2 Å². The van der Waals surface area contributed by atoms with E-state index in [4.69, 9.17) is 0 Å². The second kappa shape index (κ2) is 5.12. The van der Waals surface area contributed by atoms with Gasteiger partial charge in [0.2, 0.25) is 0 Å². The Labute approximate surface area is 87.2 Å². The van der Waals surface area contributed by atoms with E-state index in [2.05, 4.69) is 19.2 Å². The van der Waals surface area contributed by atoms with Crippen molar-refractivity contribution in [1.82, 2.24) is 5.32 Å². The quantitative estimate of drug-likeness (QED) is 0.726. The van der Waals surface area contributed by atoms with Crippen LogP contribution in [0.4, 0.5) is 0 Å². The van der Waals surface area contributed by atoms with Gasteiger partial charge in [-0.05, 0) is 11.8 Å². The molecule has 1 rings (SSSR count). The van der Waals surface area contributed by atoms with Gasteiger partial charge < -0.3 is 5.32 Å². The van der Waals surface area contributed by atoms with Gasteiger partial charge in [-0.25, -0.2) is 8.42 Å². The van der Waals surface area contributed by atoms with E-state index in [0.717, 1.165) is 25.9 Å². The Morgan fingerprint density at radius 1 is 1.29 bits per heavy atom. The molecule has 0 aromatic heterocycles. The van der Waals surface area contributed by atoms with Gasteiger partial charge in [0.1, 0.15) is 0 Å². The van der Waals surface area contributed by atoms with E-state index in [9.17, 15) is 8.42 Å². The van der Waals surface area contributed by atoms with Crippen molar-refractivity contribution in [3.63, 3.8) is 0 Å². The van der Waals surface area contributed by atoms with Crippen molar-refractivity contribution in [2.24, 2.45) is 11.8 Å². The predicted octanol–water partition coefficient (Wildman–Crippen LogP) is 1.06. The van der Waals surface area contributed by atoms with Crippen molar-refractivity contribution < 1.29 is 8.42 Å². The molecule has 1 aliphatic rings. The molecule has 14 heavy (non-hydrogen) atoms. The summed E-state index contributed by atoms with van der Waals surface area (Å²) in [4.78, 5) is 0. The third kappa shape index (κ3) is 3.58. The van der Waals surface area contributed by atoms with Crippen LogP contribution in [0.25, 0.3) is 0 Å². The van der Waals surface area contributed by atoms with Crippen LogP contribution in [0, 0.1) is 11.8 Å². The molecule has 1 N–H and O–H groups in total. The van der Waals surface area contributed by atoms with Crippen molar-refractivity contribution in [1.29, 1.82) is 0 Å². The van der Waals surface area contributed by atoms with Crippen LogP contribution in [0.15, 0.2) is 0 Å². The van der Waals surface area contributed by atoms with Gasteiger partial charge in [-0.1, -0.05) is 26.7 Å². The Balaban J connectivity index is 2.39. The highest BCUT2D eigenvalue weighted by atomic mass is 32.2. The summed E-state index contributed by atoms with van der Waals surface area (Å²) >= 11 is 0. The van der Waals surface area contributed by atoms with Crippen LogP contribution < -0.4 is 5.32 Å².